The summed E-state index contributed by atoms with van der Waals surface area (Å²) in [6.45, 7) is 0. The maximum absolute atomic E-state index is 10.7. The predicted octanol–water partition coefficient (Wildman–Crippen LogP) is 3.88. The first-order valence-electron chi connectivity index (χ1n) is 5.57. The van der Waals surface area contributed by atoms with Crippen LogP contribution in [0.1, 0.15) is 20.7 Å². The van der Waals surface area contributed by atoms with E-state index in [0.29, 0.717) is 0 Å². The van der Waals surface area contributed by atoms with E-state index in [0.717, 1.165) is 9.79 Å². The van der Waals surface area contributed by atoms with Crippen molar-refractivity contribution >= 4 is 33.5 Å². The zero-order valence-corrected chi connectivity index (χ0v) is 13.2. The third-order valence-corrected chi connectivity index (χ3v) is 4.85. The Kier molecular flexibility index (Phi) is 6.84. The van der Waals surface area contributed by atoms with Crippen molar-refractivity contribution in [3.63, 3.8) is 0 Å². The Morgan fingerprint density at radius 2 is 0.952 bits per heavy atom. The van der Waals surface area contributed by atoms with Crippen molar-refractivity contribution < 1.29 is 36.9 Å². The molecule has 0 atom stereocenters. The van der Waals surface area contributed by atoms with E-state index in [9.17, 15) is 9.59 Å². The Labute approximate surface area is 139 Å². The number of aromatic carboxylic acids is 2. The monoisotopic (exact) mass is 362 g/mol. The summed E-state index contributed by atoms with van der Waals surface area (Å²) in [5.41, 5.74) is 0.510. The van der Waals surface area contributed by atoms with Crippen molar-refractivity contribution in [1.82, 2.24) is 0 Å². The maximum Gasteiger partial charge on any atom is 0.335 e. The molecule has 21 heavy (non-hydrogen) atoms. The second-order valence-corrected chi connectivity index (χ2v) is 6.10. The van der Waals surface area contributed by atoms with Gasteiger partial charge in [-0.1, -0.05) is 21.6 Å². The van der Waals surface area contributed by atoms with Crippen LogP contribution in [0, 0.1) is 0 Å². The molecule has 0 aliphatic carbocycles. The first-order chi connectivity index (χ1) is 9.56. The van der Waals surface area contributed by atoms with Crippen LogP contribution >= 0.6 is 21.6 Å². The van der Waals surface area contributed by atoms with Crippen LogP contribution < -0.4 is 0 Å². The number of rotatable bonds is 5. The fourth-order valence-electron chi connectivity index (χ4n) is 1.40. The molecule has 0 spiro atoms. The van der Waals surface area contributed by atoms with Crippen LogP contribution in [-0.2, 0) is 17.1 Å². The fraction of sp³-hybridized carbons (Fsp3) is 0. The molecule has 0 saturated heterocycles. The smallest absolute Gasteiger partial charge is 0.335 e. The molecule has 0 fully saturated rings. The molecule has 2 N–H and O–H groups in total. The molecule has 2 rings (SSSR count). The quantitative estimate of drug-likeness (QED) is 0.621. The maximum atomic E-state index is 10.7. The van der Waals surface area contributed by atoms with Crippen LogP contribution in [0.2, 0.25) is 0 Å². The van der Waals surface area contributed by atoms with Gasteiger partial charge in [0.15, 0.2) is 0 Å². The molecule has 110 valence electrons. The van der Waals surface area contributed by atoms with Crippen LogP contribution in [0.5, 0.6) is 0 Å². The molecule has 4 nitrogen and oxygen atoms in total. The summed E-state index contributed by atoms with van der Waals surface area (Å²) in [7, 11) is 2.97. The van der Waals surface area contributed by atoms with E-state index in [1.165, 1.54) is 21.6 Å². The van der Waals surface area contributed by atoms with Gasteiger partial charge in [0.05, 0.1) is 11.1 Å². The number of hydrogen-bond donors (Lipinski definition) is 2. The summed E-state index contributed by atoms with van der Waals surface area (Å²) in [6.07, 6.45) is 0. The molecule has 2 aromatic carbocycles. The summed E-state index contributed by atoms with van der Waals surface area (Å²) in [4.78, 5) is 23.3. The number of benzene rings is 2. The Hall–Kier alpha value is -1.40. The predicted molar refractivity (Wildman–Crippen MR) is 78.5 cm³/mol. The minimum atomic E-state index is -0.946. The summed E-state index contributed by atoms with van der Waals surface area (Å²) in [5, 5.41) is 17.6. The van der Waals surface area contributed by atoms with Gasteiger partial charge >= 0.3 is 11.9 Å². The van der Waals surface area contributed by atoms with Gasteiger partial charge in [0.1, 0.15) is 0 Å². The molecule has 0 aromatic heterocycles. The normalized spacial score (nSPS) is 9.71. The van der Waals surface area contributed by atoms with E-state index in [1.54, 1.807) is 48.5 Å². The Balaban J connectivity index is 0.00000220. The third-order valence-electron chi connectivity index (χ3n) is 2.44. The Morgan fingerprint density at radius 3 is 1.19 bits per heavy atom. The summed E-state index contributed by atoms with van der Waals surface area (Å²) < 4.78 is 0. The Bertz CT molecular complexity index is 569. The molecule has 0 heterocycles. The van der Waals surface area contributed by atoms with Crippen LogP contribution in [0.4, 0.5) is 0 Å². The summed E-state index contributed by atoms with van der Waals surface area (Å²) in [6, 6.07) is 13.2. The minimum absolute atomic E-state index is 0. The van der Waals surface area contributed by atoms with E-state index >= 15 is 0 Å². The van der Waals surface area contributed by atoms with Gasteiger partial charge in [0, 0.05) is 26.9 Å². The van der Waals surface area contributed by atoms with Gasteiger partial charge in [0.2, 0.25) is 0 Å². The van der Waals surface area contributed by atoms with Crippen molar-refractivity contribution in [2.45, 2.75) is 9.79 Å². The van der Waals surface area contributed by atoms with Crippen molar-refractivity contribution in [2.24, 2.45) is 0 Å². The van der Waals surface area contributed by atoms with Crippen LogP contribution in [0.15, 0.2) is 58.3 Å². The number of carboxylic acids is 2. The first-order valence-corrected chi connectivity index (χ1v) is 7.72. The fourth-order valence-corrected chi connectivity index (χ4v) is 3.33. The van der Waals surface area contributed by atoms with Crippen LogP contribution in [0.3, 0.4) is 0 Å². The van der Waals surface area contributed by atoms with E-state index < -0.39 is 11.9 Å². The third kappa shape index (κ3) is 5.13. The Morgan fingerprint density at radius 1 is 0.667 bits per heavy atom. The molecular weight excluding hydrogens is 352 g/mol. The number of hydrogen-bond acceptors (Lipinski definition) is 4. The molecule has 2 aromatic rings. The molecule has 0 amide bonds. The van der Waals surface area contributed by atoms with Gasteiger partial charge in [-0.2, -0.15) is 0 Å². The molecule has 0 unspecified atom stereocenters. The van der Waals surface area contributed by atoms with Crippen LogP contribution in [0.25, 0.3) is 0 Å². The van der Waals surface area contributed by atoms with Crippen molar-refractivity contribution in [3.8, 4) is 0 Å². The van der Waals surface area contributed by atoms with Crippen molar-refractivity contribution in [3.05, 3.63) is 59.7 Å². The molecule has 7 heteroatoms. The zero-order chi connectivity index (χ0) is 14.5. The second kappa shape index (κ2) is 8.14. The molecule has 0 radical (unpaired) electrons. The molecule has 0 bridgehead atoms. The van der Waals surface area contributed by atoms with E-state index in [1.807, 2.05) is 0 Å². The number of carbonyl (C=O) groups is 2. The van der Waals surface area contributed by atoms with E-state index in [-0.39, 0.29) is 28.2 Å². The van der Waals surface area contributed by atoms with Gasteiger partial charge in [-0.05, 0) is 48.5 Å². The zero-order valence-electron chi connectivity index (χ0n) is 10.5. The average Bonchev–Trinajstić information content (AvgIpc) is 2.46. The van der Waals surface area contributed by atoms with E-state index in [2.05, 4.69) is 0 Å². The van der Waals surface area contributed by atoms with Crippen molar-refractivity contribution in [2.75, 3.05) is 0 Å². The van der Waals surface area contributed by atoms with Gasteiger partial charge in [-0.15, -0.1) is 0 Å². The van der Waals surface area contributed by atoms with Gasteiger partial charge in [-0.25, -0.2) is 9.59 Å². The second-order valence-electron chi connectivity index (χ2n) is 3.83. The largest absolute Gasteiger partial charge is 0.478 e. The van der Waals surface area contributed by atoms with Gasteiger partial charge in [-0.3, -0.25) is 0 Å². The molecule has 0 aliphatic heterocycles. The SMILES string of the molecule is O=C(O)c1ccc(SSc2ccc(C(=O)O)cc2)cc1.[Fe]. The van der Waals surface area contributed by atoms with Gasteiger partial charge < -0.3 is 10.2 Å². The minimum Gasteiger partial charge on any atom is -0.478 e. The summed E-state index contributed by atoms with van der Waals surface area (Å²) in [5.74, 6) is -1.89. The average molecular weight is 362 g/mol. The molecular formula is C14H10FeO4S2. The van der Waals surface area contributed by atoms with Crippen molar-refractivity contribution in [1.29, 1.82) is 0 Å². The standard InChI is InChI=1S/C14H10O4S2.Fe/c15-13(16)9-1-5-11(6-2-9)19-20-12-7-3-10(4-8-12)14(17)18;/h1-8H,(H,15,16)(H,17,18);. The molecule has 0 saturated carbocycles. The summed E-state index contributed by atoms with van der Waals surface area (Å²) >= 11 is 0. The molecule has 0 aliphatic rings. The van der Waals surface area contributed by atoms with E-state index in [4.69, 9.17) is 10.2 Å². The topological polar surface area (TPSA) is 74.6 Å². The van der Waals surface area contributed by atoms with Crippen LogP contribution in [-0.4, -0.2) is 22.2 Å². The first kappa shape index (κ1) is 17.7. The number of carboxylic acid groups (broad SMARTS) is 2. The van der Waals surface area contributed by atoms with Gasteiger partial charge in [0.25, 0.3) is 0 Å².